The summed E-state index contributed by atoms with van der Waals surface area (Å²) in [6.07, 6.45) is 3.34. The summed E-state index contributed by atoms with van der Waals surface area (Å²) in [6, 6.07) is 0.115. The molecule has 0 saturated carbocycles. The van der Waals surface area contributed by atoms with Crippen molar-refractivity contribution in [1.82, 2.24) is 5.32 Å². The largest absolute Gasteiger partial charge is 0.355 e. The number of nitrogens with two attached hydrogens (primary N) is 1. The van der Waals surface area contributed by atoms with Crippen LogP contribution in [0.5, 0.6) is 0 Å². The van der Waals surface area contributed by atoms with Crippen LogP contribution in [0.2, 0.25) is 0 Å². The minimum Gasteiger partial charge on any atom is -0.355 e. The Balaban J connectivity index is 3.40. The molecule has 2 unspecified atom stereocenters. The van der Waals surface area contributed by atoms with Crippen molar-refractivity contribution in [2.45, 2.75) is 38.0 Å². The lowest BCUT2D eigenvalue weighted by Gasteiger charge is -2.10. The van der Waals surface area contributed by atoms with Gasteiger partial charge in [-0.2, -0.15) is 11.8 Å². The zero-order chi connectivity index (χ0) is 10.3. The molecular formula is C9H20N2OS. The van der Waals surface area contributed by atoms with E-state index in [-0.39, 0.29) is 11.9 Å². The van der Waals surface area contributed by atoms with E-state index in [0.717, 1.165) is 13.0 Å². The minimum absolute atomic E-state index is 0.109. The van der Waals surface area contributed by atoms with Crippen molar-refractivity contribution in [3.05, 3.63) is 0 Å². The van der Waals surface area contributed by atoms with Gasteiger partial charge in [0.2, 0.25) is 5.91 Å². The van der Waals surface area contributed by atoms with Crippen molar-refractivity contribution in [2.75, 3.05) is 12.8 Å². The van der Waals surface area contributed by atoms with Gasteiger partial charge in [0, 0.05) is 24.3 Å². The third-order valence-electron chi connectivity index (χ3n) is 1.82. The standard InChI is InChI=1S/C9H20N2OS/c1-7(10)4-5-9(12)11-6-8(2)13-3/h7-8H,4-6,10H2,1-3H3,(H,11,12). The fraction of sp³-hybridized carbons (Fsp3) is 0.889. The van der Waals surface area contributed by atoms with Crippen LogP contribution < -0.4 is 11.1 Å². The minimum atomic E-state index is 0.109. The topological polar surface area (TPSA) is 55.1 Å². The molecule has 1 amide bonds. The molecule has 0 aliphatic heterocycles. The number of hydrogen-bond donors (Lipinski definition) is 2. The average Bonchev–Trinajstić information content (AvgIpc) is 2.10. The van der Waals surface area contributed by atoms with Crippen molar-refractivity contribution in [3.63, 3.8) is 0 Å². The van der Waals surface area contributed by atoms with Crippen molar-refractivity contribution in [2.24, 2.45) is 5.73 Å². The van der Waals surface area contributed by atoms with Crippen LogP contribution in [-0.4, -0.2) is 30.0 Å². The Bertz CT molecular complexity index is 151. The van der Waals surface area contributed by atoms with Gasteiger partial charge in [0.05, 0.1) is 0 Å². The molecule has 0 aromatic rings. The molecule has 3 N–H and O–H groups in total. The highest BCUT2D eigenvalue weighted by molar-refractivity contribution is 7.99. The molecule has 0 fully saturated rings. The van der Waals surface area contributed by atoms with E-state index in [1.54, 1.807) is 11.8 Å². The third-order valence-corrected chi connectivity index (χ3v) is 2.79. The highest BCUT2D eigenvalue weighted by Crippen LogP contribution is 2.02. The lowest BCUT2D eigenvalue weighted by Crippen LogP contribution is -2.30. The van der Waals surface area contributed by atoms with E-state index >= 15 is 0 Å². The molecule has 0 aliphatic rings. The summed E-state index contributed by atoms with van der Waals surface area (Å²) in [5, 5.41) is 3.36. The summed E-state index contributed by atoms with van der Waals surface area (Å²) in [5.74, 6) is 0.109. The molecule has 0 aromatic carbocycles. The molecule has 0 saturated heterocycles. The maximum atomic E-state index is 11.2. The molecule has 0 aliphatic carbocycles. The van der Waals surface area contributed by atoms with E-state index in [2.05, 4.69) is 12.2 Å². The second kappa shape index (κ2) is 7.21. The van der Waals surface area contributed by atoms with Crippen LogP contribution in [0, 0.1) is 0 Å². The first-order chi connectivity index (χ1) is 6.06. The molecule has 2 atom stereocenters. The monoisotopic (exact) mass is 204 g/mol. The average molecular weight is 204 g/mol. The number of amides is 1. The van der Waals surface area contributed by atoms with Crippen LogP contribution in [0.15, 0.2) is 0 Å². The Labute approximate surface area is 84.8 Å². The SMILES string of the molecule is CSC(C)CNC(=O)CCC(C)N. The summed E-state index contributed by atoms with van der Waals surface area (Å²) >= 11 is 1.75. The van der Waals surface area contributed by atoms with Gasteiger partial charge in [-0.15, -0.1) is 0 Å². The molecule has 4 heteroatoms. The number of nitrogens with one attached hydrogen (secondary N) is 1. The second-order valence-electron chi connectivity index (χ2n) is 3.37. The Morgan fingerprint density at radius 1 is 1.54 bits per heavy atom. The van der Waals surface area contributed by atoms with Gasteiger partial charge in [0.25, 0.3) is 0 Å². The van der Waals surface area contributed by atoms with Gasteiger partial charge in [0.1, 0.15) is 0 Å². The van der Waals surface area contributed by atoms with Gasteiger partial charge in [-0.1, -0.05) is 6.92 Å². The normalized spacial score (nSPS) is 15.1. The molecule has 0 heterocycles. The Morgan fingerprint density at radius 3 is 2.62 bits per heavy atom. The van der Waals surface area contributed by atoms with Crippen LogP contribution in [0.1, 0.15) is 26.7 Å². The molecule has 0 radical (unpaired) electrons. The summed E-state index contributed by atoms with van der Waals surface area (Å²) in [7, 11) is 0. The molecule has 0 bridgehead atoms. The number of hydrogen-bond acceptors (Lipinski definition) is 3. The summed E-state index contributed by atoms with van der Waals surface area (Å²) in [4.78, 5) is 11.2. The zero-order valence-corrected chi connectivity index (χ0v) is 9.49. The van der Waals surface area contributed by atoms with Crippen LogP contribution >= 0.6 is 11.8 Å². The van der Waals surface area contributed by atoms with Crippen LogP contribution in [0.4, 0.5) is 0 Å². The third kappa shape index (κ3) is 8.12. The molecule has 78 valence electrons. The van der Waals surface area contributed by atoms with Crippen LogP contribution in [0.25, 0.3) is 0 Å². The second-order valence-corrected chi connectivity index (χ2v) is 4.64. The first kappa shape index (κ1) is 12.8. The van der Waals surface area contributed by atoms with Crippen LogP contribution in [0.3, 0.4) is 0 Å². The number of carbonyl (C=O) groups is 1. The maximum absolute atomic E-state index is 11.2. The summed E-state index contributed by atoms with van der Waals surface area (Å²) in [6.45, 7) is 4.76. The van der Waals surface area contributed by atoms with Gasteiger partial charge >= 0.3 is 0 Å². The van der Waals surface area contributed by atoms with Gasteiger partial charge < -0.3 is 11.1 Å². The molecule has 0 spiro atoms. The Morgan fingerprint density at radius 2 is 2.15 bits per heavy atom. The smallest absolute Gasteiger partial charge is 0.220 e. The van der Waals surface area contributed by atoms with Crippen molar-refractivity contribution in [3.8, 4) is 0 Å². The maximum Gasteiger partial charge on any atom is 0.220 e. The molecular weight excluding hydrogens is 184 g/mol. The van der Waals surface area contributed by atoms with Gasteiger partial charge in [0.15, 0.2) is 0 Å². The summed E-state index contributed by atoms with van der Waals surface area (Å²) in [5.41, 5.74) is 5.54. The van der Waals surface area contributed by atoms with Crippen LogP contribution in [-0.2, 0) is 4.79 Å². The predicted octanol–water partition coefficient (Wildman–Crippen LogP) is 0.981. The van der Waals surface area contributed by atoms with Crippen molar-refractivity contribution >= 4 is 17.7 Å². The molecule has 0 aromatic heterocycles. The van der Waals surface area contributed by atoms with Gasteiger partial charge in [-0.25, -0.2) is 0 Å². The van der Waals surface area contributed by atoms with Crippen molar-refractivity contribution in [1.29, 1.82) is 0 Å². The fourth-order valence-corrected chi connectivity index (χ4v) is 1.04. The number of rotatable bonds is 6. The highest BCUT2D eigenvalue weighted by atomic mass is 32.2. The molecule has 13 heavy (non-hydrogen) atoms. The highest BCUT2D eigenvalue weighted by Gasteiger charge is 2.04. The Hall–Kier alpha value is -0.220. The molecule has 0 rings (SSSR count). The van der Waals surface area contributed by atoms with Crippen molar-refractivity contribution < 1.29 is 4.79 Å². The Kier molecular flexibility index (Phi) is 7.09. The van der Waals surface area contributed by atoms with Gasteiger partial charge in [-0.05, 0) is 19.6 Å². The van der Waals surface area contributed by atoms with E-state index in [4.69, 9.17) is 5.73 Å². The fourth-order valence-electron chi connectivity index (χ4n) is 0.788. The molecule has 3 nitrogen and oxygen atoms in total. The quantitative estimate of drug-likeness (QED) is 0.678. The zero-order valence-electron chi connectivity index (χ0n) is 8.67. The van der Waals surface area contributed by atoms with Gasteiger partial charge in [-0.3, -0.25) is 4.79 Å². The first-order valence-electron chi connectivity index (χ1n) is 4.61. The lowest BCUT2D eigenvalue weighted by molar-refractivity contribution is -0.121. The lowest BCUT2D eigenvalue weighted by atomic mass is 10.2. The van der Waals surface area contributed by atoms with E-state index in [9.17, 15) is 4.79 Å². The van der Waals surface area contributed by atoms with E-state index < -0.39 is 0 Å². The number of carbonyl (C=O) groups excluding carboxylic acids is 1. The van der Waals surface area contributed by atoms with E-state index in [1.165, 1.54) is 0 Å². The summed E-state index contributed by atoms with van der Waals surface area (Å²) < 4.78 is 0. The van der Waals surface area contributed by atoms with E-state index in [1.807, 2.05) is 13.2 Å². The predicted molar refractivity (Wildman–Crippen MR) is 58.9 cm³/mol. The number of thioether (sulfide) groups is 1. The first-order valence-corrected chi connectivity index (χ1v) is 5.90. The van der Waals surface area contributed by atoms with E-state index in [0.29, 0.717) is 11.7 Å².